The molecule has 2 fully saturated rings. The van der Waals surface area contributed by atoms with Gasteiger partial charge >= 0.3 is 0 Å². The first-order chi connectivity index (χ1) is 15.0. The van der Waals surface area contributed by atoms with Crippen molar-refractivity contribution in [3.05, 3.63) is 53.7 Å². The van der Waals surface area contributed by atoms with Crippen LogP contribution in [-0.2, 0) is 20.7 Å². The summed E-state index contributed by atoms with van der Waals surface area (Å²) in [6.45, 7) is 3.56. The van der Waals surface area contributed by atoms with Crippen LogP contribution >= 0.6 is 0 Å². The van der Waals surface area contributed by atoms with E-state index in [1.165, 1.54) is 11.3 Å². The zero-order valence-electron chi connectivity index (χ0n) is 17.7. The molecule has 3 amide bonds. The highest BCUT2D eigenvalue weighted by atomic mass is 16.5. The van der Waals surface area contributed by atoms with E-state index in [9.17, 15) is 14.4 Å². The van der Waals surface area contributed by atoms with Gasteiger partial charge in [-0.2, -0.15) is 0 Å². The summed E-state index contributed by atoms with van der Waals surface area (Å²) < 4.78 is 10.4. The number of nitrogens with zero attached hydrogens (tertiary/aromatic N) is 4. The van der Waals surface area contributed by atoms with E-state index >= 15 is 0 Å². The second-order valence-electron chi connectivity index (χ2n) is 7.80. The lowest BCUT2D eigenvalue weighted by Crippen LogP contribution is -2.70. The first-order valence-corrected chi connectivity index (χ1v) is 10.3. The van der Waals surface area contributed by atoms with Crippen LogP contribution in [0.2, 0.25) is 0 Å². The van der Waals surface area contributed by atoms with Crippen molar-refractivity contribution >= 4 is 17.7 Å². The van der Waals surface area contributed by atoms with Crippen LogP contribution in [0.5, 0.6) is 0 Å². The minimum Gasteiger partial charge on any atom is -0.438 e. The Morgan fingerprint density at radius 3 is 2.65 bits per heavy atom. The molecule has 2 aromatic rings. The van der Waals surface area contributed by atoms with E-state index in [-0.39, 0.29) is 24.1 Å². The monoisotopic (exact) mass is 426 g/mol. The highest BCUT2D eigenvalue weighted by molar-refractivity contribution is 6.00. The maximum Gasteiger partial charge on any atom is 0.292 e. The Morgan fingerprint density at radius 2 is 1.97 bits per heavy atom. The van der Waals surface area contributed by atoms with Crippen molar-refractivity contribution in [3.8, 4) is 0 Å². The Balaban J connectivity index is 1.64. The maximum atomic E-state index is 13.5. The summed E-state index contributed by atoms with van der Waals surface area (Å²) >= 11 is 0. The largest absolute Gasteiger partial charge is 0.438 e. The van der Waals surface area contributed by atoms with E-state index in [2.05, 4.69) is 4.98 Å². The van der Waals surface area contributed by atoms with Crippen molar-refractivity contribution < 1.29 is 23.5 Å². The number of aryl methyl sites for hydroxylation is 1. The summed E-state index contributed by atoms with van der Waals surface area (Å²) in [4.78, 5) is 48.7. The molecular formula is C22H26N4O5. The minimum atomic E-state index is -0.714. The smallest absolute Gasteiger partial charge is 0.292 e. The molecule has 0 spiro atoms. The number of methoxy groups -OCH3 is 1. The average Bonchev–Trinajstić information content (AvgIpc) is 3.21. The molecule has 2 aliphatic rings. The molecule has 1 aromatic carbocycles. The quantitative estimate of drug-likeness (QED) is 0.676. The highest BCUT2D eigenvalue weighted by Gasteiger charge is 2.48. The van der Waals surface area contributed by atoms with E-state index in [1.54, 1.807) is 23.8 Å². The number of amides is 3. The second-order valence-corrected chi connectivity index (χ2v) is 7.80. The van der Waals surface area contributed by atoms with Crippen molar-refractivity contribution in [3.63, 3.8) is 0 Å². The first-order valence-electron chi connectivity index (χ1n) is 10.3. The number of benzene rings is 1. The lowest BCUT2D eigenvalue weighted by Gasteiger charge is -2.49. The van der Waals surface area contributed by atoms with Gasteiger partial charge in [0, 0.05) is 33.2 Å². The Kier molecular flexibility index (Phi) is 6.03. The Bertz CT molecular complexity index is 960. The number of carbonyl (C=O) groups is 3. The van der Waals surface area contributed by atoms with Gasteiger partial charge in [0.15, 0.2) is 6.39 Å². The number of oxazole rings is 1. The van der Waals surface area contributed by atoms with Gasteiger partial charge in [-0.05, 0) is 12.5 Å². The number of rotatable bonds is 6. The minimum absolute atomic E-state index is 0.0961. The number of hydrogen-bond donors (Lipinski definition) is 0. The molecule has 2 saturated heterocycles. The molecule has 0 radical (unpaired) electrons. The van der Waals surface area contributed by atoms with Crippen LogP contribution in [0, 0.1) is 6.92 Å². The van der Waals surface area contributed by atoms with Gasteiger partial charge in [-0.15, -0.1) is 0 Å². The highest BCUT2D eigenvalue weighted by Crippen LogP contribution is 2.26. The maximum absolute atomic E-state index is 13.5. The van der Waals surface area contributed by atoms with Gasteiger partial charge in [0.2, 0.25) is 17.6 Å². The summed E-state index contributed by atoms with van der Waals surface area (Å²) in [5.74, 6) is -0.711. The zero-order chi connectivity index (χ0) is 22.0. The predicted octanol–water partition coefficient (Wildman–Crippen LogP) is 0.736. The third-order valence-corrected chi connectivity index (χ3v) is 5.94. The molecule has 9 nitrogen and oxygen atoms in total. The fraction of sp³-hybridized carbons (Fsp3) is 0.455. The van der Waals surface area contributed by atoms with Crippen molar-refractivity contribution in [1.29, 1.82) is 0 Å². The summed E-state index contributed by atoms with van der Waals surface area (Å²) in [7, 11) is 1.58. The van der Waals surface area contributed by atoms with Gasteiger partial charge in [-0.25, -0.2) is 4.98 Å². The van der Waals surface area contributed by atoms with E-state index in [0.29, 0.717) is 38.4 Å². The van der Waals surface area contributed by atoms with E-state index in [4.69, 9.17) is 9.15 Å². The van der Waals surface area contributed by atoms with Crippen LogP contribution in [0.1, 0.15) is 21.8 Å². The SMILES string of the molecule is COCCN1CCN2C(=O)[C@H](Cc3ccccc3)N(C(=O)c3ocnc3C)C[C@H]2C1=O. The molecule has 0 aliphatic carbocycles. The van der Waals surface area contributed by atoms with Gasteiger partial charge in [0.25, 0.3) is 5.91 Å². The zero-order valence-corrected chi connectivity index (χ0v) is 17.7. The molecule has 9 heteroatoms. The number of fused-ring (bicyclic) bond motifs is 1. The van der Waals surface area contributed by atoms with Crippen LogP contribution in [0.3, 0.4) is 0 Å². The molecule has 2 aliphatic heterocycles. The molecule has 2 atom stereocenters. The van der Waals surface area contributed by atoms with Crippen LogP contribution < -0.4 is 0 Å². The number of aromatic nitrogens is 1. The fourth-order valence-electron chi connectivity index (χ4n) is 4.24. The fourth-order valence-corrected chi connectivity index (χ4v) is 4.24. The van der Waals surface area contributed by atoms with Crippen LogP contribution in [0.15, 0.2) is 41.1 Å². The molecule has 1 aromatic heterocycles. The van der Waals surface area contributed by atoms with Crippen LogP contribution in [0.25, 0.3) is 0 Å². The topological polar surface area (TPSA) is 96.2 Å². The molecule has 164 valence electrons. The molecule has 31 heavy (non-hydrogen) atoms. The van der Waals surface area contributed by atoms with E-state index in [1.807, 2.05) is 30.3 Å². The Hall–Kier alpha value is -3.20. The molecule has 3 heterocycles. The summed E-state index contributed by atoms with van der Waals surface area (Å²) in [5, 5.41) is 0. The number of hydrogen-bond acceptors (Lipinski definition) is 6. The van der Waals surface area contributed by atoms with Crippen molar-refractivity contribution in [2.75, 3.05) is 39.9 Å². The first kappa shape index (κ1) is 21.0. The number of piperazine rings is 2. The second kappa shape index (κ2) is 8.89. The molecular weight excluding hydrogens is 400 g/mol. The van der Waals surface area contributed by atoms with Gasteiger partial charge < -0.3 is 23.9 Å². The Morgan fingerprint density at radius 1 is 1.19 bits per heavy atom. The van der Waals surface area contributed by atoms with Crippen LogP contribution in [-0.4, -0.2) is 89.4 Å². The molecule has 0 bridgehead atoms. The lowest BCUT2D eigenvalue weighted by atomic mass is 9.96. The normalized spacial score (nSPS) is 21.4. The molecule has 0 N–H and O–H groups in total. The van der Waals surface area contributed by atoms with E-state index < -0.39 is 18.0 Å². The van der Waals surface area contributed by atoms with Crippen LogP contribution in [0.4, 0.5) is 0 Å². The lowest BCUT2D eigenvalue weighted by molar-refractivity contribution is -0.160. The number of carbonyl (C=O) groups excluding carboxylic acids is 3. The van der Waals surface area contributed by atoms with Crippen molar-refractivity contribution in [1.82, 2.24) is 19.7 Å². The summed E-state index contributed by atoms with van der Waals surface area (Å²) in [6.07, 6.45) is 1.58. The standard InChI is InChI=1S/C22H26N4O5/c1-15-19(31-14-23-15)22(29)26-13-18-20(27)24(10-11-30-2)8-9-25(18)21(28)17(26)12-16-6-4-3-5-7-16/h3-7,14,17-18H,8-13H2,1-2H3/t17-,18-/m0/s1. The average molecular weight is 426 g/mol. The predicted molar refractivity (Wildman–Crippen MR) is 110 cm³/mol. The molecule has 0 unspecified atom stereocenters. The van der Waals surface area contributed by atoms with Gasteiger partial charge in [-0.1, -0.05) is 30.3 Å². The third-order valence-electron chi connectivity index (χ3n) is 5.94. The third kappa shape index (κ3) is 4.05. The van der Waals surface area contributed by atoms with Crippen molar-refractivity contribution in [2.45, 2.75) is 25.4 Å². The van der Waals surface area contributed by atoms with Crippen molar-refractivity contribution in [2.24, 2.45) is 0 Å². The van der Waals surface area contributed by atoms with E-state index in [0.717, 1.165) is 5.56 Å². The molecule has 4 rings (SSSR count). The van der Waals surface area contributed by atoms with Gasteiger partial charge in [-0.3, -0.25) is 14.4 Å². The van der Waals surface area contributed by atoms with Gasteiger partial charge in [0.1, 0.15) is 12.1 Å². The summed E-state index contributed by atoms with van der Waals surface area (Å²) in [5.41, 5.74) is 1.39. The summed E-state index contributed by atoms with van der Waals surface area (Å²) in [6, 6.07) is 8.13. The van der Waals surface area contributed by atoms with Gasteiger partial charge in [0.05, 0.1) is 18.8 Å². The Labute approximate surface area is 180 Å². The molecule has 0 saturated carbocycles. The number of ether oxygens (including phenoxy) is 1.